The second-order valence-corrected chi connectivity index (χ2v) is 7.22. The summed E-state index contributed by atoms with van der Waals surface area (Å²) in [5.74, 6) is -1.78. The van der Waals surface area contributed by atoms with Gasteiger partial charge in [-0.15, -0.1) is 6.58 Å². The van der Waals surface area contributed by atoms with E-state index < -0.39 is 23.3 Å². The van der Waals surface area contributed by atoms with Gasteiger partial charge in [-0.05, 0) is 38.8 Å². The lowest BCUT2D eigenvalue weighted by Gasteiger charge is -2.54. The van der Waals surface area contributed by atoms with E-state index in [1.165, 1.54) is 0 Å². The largest absolute Gasteiger partial charge is 0.466 e. The number of ether oxygens (including phenoxy) is 2. The summed E-state index contributed by atoms with van der Waals surface area (Å²) >= 11 is 0. The van der Waals surface area contributed by atoms with Crippen molar-refractivity contribution in [3.8, 4) is 0 Å². The molecule has 0 spiro atoms. The number of esters is 2. The van der Waals surface area contributed by atoms with Crippen LogP contribution in [0, 0.1) is 5.92 Å². The van der Waals surface area contributed by atoms with Crippen molar-refractivity contribution in [2.24, 2.45) is 5.92 Å². The van der Waals surface area contributed by atoms with Gasteiger partial charge in [0.1, 0.15) is 0 Å². The van der Waals surface area contributed by atoms with Gasteiger partial charge in [-0.25, -0.2) is 4.79 Å². The third kappa shape index (κ3) is 2.85. The molecule has 1 aliphatic heterocycles. The Bertz CT molecular complexity index is 812. The maximum atomic E-state index is 13.0. The Morgan fingerprint density at radius 3 is 2.41 bits per heavy atom. The number of fused-ring (bicyclic) bond motifs is 4. The molecule has 3 rings (SSSR count). The van der Waals surface area contributed by atoms with Crippen molar-refractivity contribution in [1.82, 2.24) is 5.32 Å². The van der Waals surface area contributed by atoms with Crippen molar-refractivity contribution in [2.45, 2.75) is 45.1 Å². The molecule has 0 amide bonds. The van der Waals surface area contributed by atoms with Gasteiger partial charge in [0.15, 0.2) is 0 Å². The Morgan fingerprint density at radius 2 is 1.81 bits per heavy atom. The fourth-order valence-corrected chi connectivity index (χ4v) is 4.78. The molecule has 2 bridgehead atoms. The number of nitrogens with one attached hydrogen (secondary N) is 1. The van der Waals surface area contributed by atoms with Gasteiger partial charge in [-0.3, -0.25) is 4.79 Å². The average Bonchev–Trinajstić information content (AvgIpc) is 2.61. The predicted molar refractivity (Wildman–Crippen MR) is 103 cm³/mol. The molecule has 1 N–H and O–H groups in total. The number of allylic oxidation sites excluding steroid dienone is 1. The molecule has 5 nitrogen and oxygen atoms in total. The van der Waals surface area contributed by atoms with Crippen LogP contribution >= 0.6 is 0 Å². The van der Waals surface area contributed by atoms with Crippen LogP contribution in [0.3, 0.4) is 0 Å². The zero-order chi connectivity index (χ0) is 19.8. The second-order valence-electron chi connectivity index (χ2n) is 7.22. The van der Waals surface area contributed by atoms with Gasteiger partial charge in [-0.1, -0.05) is 30.3 Å². The SMILES string of the molecule is C=CC1c2ccccc2C2C(C(=O)OCC)=C(C)NC1(C)C2C(=O)OCC. The summed E-state index contributed by atoms with van der Waals surface area (Å²) in [6, 6.07) is 7.93. The molecule has 0 saturated carbocycles. The van der Waals surface area contributed by atoms with E-state index in [0.29, 0.717) is 5.57 Å². The maximum absolute atomic E-state index is 13.0. The van der Waals surface area contributed by atoms with Gasteiger partial charge in [-0.2, -0.15) is 0 Å². The molecule has 1 aromatic rings. The van der Waals surface area contributed by atoms with Crippen molar-refractivity contribution in [3.63, 3.8) is 0 Å². The fraction of sp³-hybridized carbons (Fsp3) is 0.455. The maximum Gasteiger partial charge on any atom is 0.336 e. The third-order valence-electron chi connectivity index (χ3n) is 5.74. The van der Waals surface area contributed by atoms with Crippen molar-refractivity contribution >= 4 is 11.9 Å². The van der Waals surface area contributed by atoms with Crippen LogP contribution in [0.1, 0.15) is 50.7 Å². The van der Waals surface area contributed by atoms with Gasteiger partial charge in [0, 0.05) is 17.5 Å². The van der Waals surface area contributed by atoms with Gasteiger partial charge >= 0.3 is 11.9 Å². The lowest BCUT2D eigenvalue weighted by molar-refractivity contribution is -0.153. The monoisotopic (exact) mass is 369 g/mol. The Hall–Kier alpha value is -2.56. The topological polar surface area (TPSA) is 64.6 Å². The minimum atomic E-state index is -0.646. The smallest absolute Gasteiger partial charge is 0.336 e. The van der Waals surface area contributed by atoms with Crippen molar-refractivity contribution in [3.05, 3.63) is 59.3 Å². The number of hydrogen-bond acceptors (Lipinski definition) is 5. The molecule has 1 aliphatic carbocycles. The predicted octanol–water partition coefficient (Wildman–Crippen LogP) is 3.43. The Balaban J connectivity index is 2.29. The van der Waals surface area contributed by atoms with E-state index in [-0.39, 0.29) is 25.1 Å². The lowest BCUT2D eigenvalue weighted by atomic mass is 9.56. The van der Waals surface area contributed by atoms with Gasteiger partial charge < -0.3 is 14.8 Å². The Morgan fingerprint density at radius 1 is 1.19 bits per heavy atom. The van der Waals surface area contributed by atoms with Gasteiger partial charge in [0.2, 0.25) is 0 Å². The quantitative estimate of drug-likeness (QED) is 0.636. The van der Waals surface area contributed by atoms with Crippen LogP contribution in [-0.2, 0) is 19.1 Å². The van der Waals surface area contributed by atoms with Crippen LogP contribution in [0.4, 0.5) is 0 Å². The molecule has 0 fully saturated rings. The summed E-state index contributed by atoms with van der Waals surface area (Å²) in [6.45, 7) is 12.0. The summed E-state index contributed by atoms with van der Waals surface area (Å²) in [5.41, 5.74) is 2.63. The first-order valence-electron chi connectivity index (χ1n) is 9.44. The summed E-state index contributed by atoms with van der Waals surface area (Å²) < 4.78 is 10.7. The molecular weight excluding hydrogens is 342 g/mol. The highest BCUT2D eigenvalue weighted by molar-refractivity contribution is 5.94. The third-order valence-corrected chi connectivity index (χ3v) is 5.74. The summed E-state index contributed by atoms with van der Waals surface area (Å²) in [5, 5.41) is 3.45. The normalized spacial score (nSPS) is 28.7. The molecule has 144 valence electrons. The van der Waals surface area contributed by atoms with Crippen LogP contribution in [0.5, 0.6) is 0 Å². The van der Waals surface area contributed by atoms with E-state index in [4.69, 9.17) is 9.47 Å². The first-order valence-corrected chi connectivity index (χ1v) is 9.44. The highest BCUT2D eigenvalue weighted by atomic mass is 16.5. The molecule has 5 heteroatoms. The Labute approximate surface area is 160 Å². The number of carbonyl (C=O) groups is 2. The molecule has 0 saturated heterocycles. The van der Waals surface area contributed by atoms with E-state index in [9.17, 15) is 9.59 Å². The number of hydrogen-bond donors (Lipinski definition) is 1. The van der Waals surface area contributed by atoms with Crippen LogP contribution in [-0.4, -0.2) is 30.7 Å². The molecule has 1 aromatic carbocycles. The van der Waals surface area contributed by atoms with Crippen molar-refractivity contribution in [1.29, 1.82) is 0 Å². The van der Waals surface area contributed by atoms with Crippen molar-refractivity contribution in [2.75, 3.05) is 13.2 Å². The van der Waals surface area contributed by atoms with E-state index in [0.717, 1.165) is 16.8 Å². The van der Waals surface area contributed by atoms with E-state index in [1.54, 1.807) is 13.8 Å². The molecule has 0 radical (unpaired) electrons. The van der Waals surface area contributed by atoms with Crippen LogP contribution in [0.2, 0.25) is 0 Å². The minimum Gasteiger partial charge on any atom is -0.466 e. The highest BCUT2D eigenvalue weighted by Crippen LogP contribution is 2.55. The second kappa shape index (κ2) is 7.22. The van der Waals surface area contributed by atoms with Gasteiger partial charge in [0.05, 0.1) is 30.2 Å². The molecule has 4 atom stereocenters. The zero-order valence-electron chi connectivity index (χ0n) is 16.4. The first kappa shape index (κ1) is 19.2. The van der Waals surface area contributed by atoms with E-state index in [2.05, 4.69) is 11.9 Å². The average molecular weight is 369 g/mol. The standard InChI is InChI=1S/C22H27NO4/c1-6-16-14-11-9-10-12-15(14)18-17(20(24)26-7-2)13(4)23-22(16,5)19(18)21(25)27-8-3/h6,9-12,16,18-19,23H,1,7-8H2,2-5H3. The van der Waals surface area contributed by atoms with Crippen molar-refractivity contribution < 1.29 is 19.1 Å². The zero-order valence-corrected chi connectivity index (χ0v) is 16.4. The molecule has 27 heavy (non-hydrogen) atoms. The summed E-state index contributed by atoms with van der Waals surface area (Å²) in [6.07, 6.45) is 1.87. The van der Waals surface area contributed by atoms with Gasteiger partial charge in [0.25, 0.3) is 0 Å². The molecule has 4 unspecified atom stereocenters. The molecule has 2 aliphatic rings. The summed E-state index contributed by atoms with van der Waals surface area (Å²) in [4.78, 5) is 25.9. The highest BCUT2D eigenvalue weighted by Gasteiger charge is 2.58. The van der Waals surface area contributed by atoms with Crippen LogP contribution in [0.25, 0.3) is 0 Å². The van der Waals surface area contributed by atoms with Crippen LogP contribution in [0.15, 0.2) is 48.2 Å². The van der Waals surface area contributed by atoms with E-state index >= 15 is 0 Å². The Kier molecular flexibility index (Phi) is 5.13. The minimum absolute atomic E-state index is 0.0990. The van der Waals surface area contributed by atoms with E-state index in [1.807, 2.05) is 44.2 Å². The molecule has 1 heterocycles. The molecular formula is C22H27NO4. The first-order chi connectivity index (χ1) is 12.9. The molecule has 0 aromatic heterocycles. The number of benzene rings is 1. The number of rotatable bonds is 5. The lowest BCUT2D eigenvalue weighted by Crippen LogP contribution is -2.62. The number of carbonyl (C=O) groups excluding carboxylic acids is 2. The van der Waals surface area contributed by atoms with Crippen LogP contribution < -0.4 is 5.32 Å². The summed E-state index contributed by atoms with van der Waals surface area (Å²) in [7, 11) is 0. The fourth-order valence-electron chi connectivity index (χ4n) is 4.78.